The molecule has 0 unspecified atom stereocenters. The number of esters is 1. The van der Waals surface area contributed by atoms with Crippen LogP contribution in [0.15, 0.2) is 21.7 Å². The minimum atomic E-state index is -0.786. The van der Waals surface area contributed by atoms with Crippen LogP contribution >= 0.6 is 0 Å². The molecule has 0 aliphatic heterocycles. The Morgan fingerprint density at radius 1 is 1.33 bits per heavy atom. The van der Waals surface area contributed by atoms with Crippen LogP contribution in [0.3, 0.4) is 0 Å². The molecule has 1 aromatic rings. The molecule has 0 spiro atoms. The van der Waals surface area contributed by atoms with Gasteiger partial charge in [0.1, 0.15) is 5.82 Å². The number of hydrogen-bond acceptors (Lipinski definition) is 7. The Labute approximate surface area is 174 Å². The fourth-order valence-electron chi connectivity index (χ4n) is 3.26. The van der Waals surface area contributed by atoms with E-state index in [-0.39, 0.29) is 43.0 Å². The number of nitrogens with one attached hydrogen (secondary N) is 1. The third-order valence-corrected chi connectivity index (χ3v) is 4.79. The quantitative estimate of drug-likeness (QED) is 0.440. The van der Waals surface area contributed by atoms with E-state index in [4.69, 9.17) is 15.2 Å². The summed E-state index contributed by atoms with van der Waals surface area (Å²) in [6, 6.07) is 0. The van der Waals surface area contributed by atoms with Gasteiger partial charge in [0, 0.05) is 20.2 Å². The van der Waals surface area contributed by atoms with Crippen molar-refractivity contribution in [3.05, 3.63) is 33.0 Å². The molecule has 1 atom stereocenters. The minimum Gasteiger partial charge on any atom is -0.455 e. The second-order valence-corrected chi connectivity index (χ2v) is 7.62. The molecular formula is C20H30N4O6. The van der Waals surface area contributed by atoms with Gasteiger partial charge >= 0.3 is 11.7 Å². The molecule has 10 heteroatoms. The van der Waals surface area contributed by atoms with Crippen molar-refractivity contribution in [2.75, 3.05) is 37.5 Å². The summed E-state index contributed by atoms with van der Waals surface area (Å²) in [6.45, 7) is 3.65. The van der Waals surface area contributed by atoms with Gasteiger partial charge in [-0.1, -0.05) is 26.0 Å². The van der Waals surface area contributed by atoms with E-state index in [2.05, 4.69) is 4.98 Å². The second kappa shape index (κ2) is 10.8. The number of anilines is 2. The first-order chi connectivity index (χ1) is 14.3. The number of hydrogen-bond donors (Lipinski definition) is 2. The van der Waals surface area contributed by atoms with Crippen LogP contribution in [0.25, 0.3) is 0 Å². The molecule has 166 valence electrons. The van der Waals surface area contributed by atoms with Crippen molar-refractivity contribution in [3.8, 4) is 0 Å². The zero-order valence-electron chi connectivity index (χ0n) is 17.7. The van der Waals surface area contributed by atoms with Gasteiger partial charge < -0.3 is 15.2 Å². The molecule has 0 aromatic carbocycles. The number of methoxy groups -OCH3 is 1. The highest BCUT2D eigenvalue weighted by molar-refractivity contribution is 5.97. The Morgan fingerprint density at radius 3 is 2.67 bits per heavy atom. The Hall–Kier alpha value is -2.88. The summed E-state index contributed by atoms with van der Waals surface area (Å²) in [7, 11) is 1.45. The average Bonchev–Trinajstić information content (AvgIpc) is 2.71. The number of nitrogens with zero attached hydrogens (tertiary/aromatic N) is 2. The number of carbonyl (C=O) groups excluding carboxylic acids is 2. The van der Waals surface area contributed by atoms with E-state index in [9.17, 15) is 19.2 Å². The highest BCUT2D eigenvalue weighted by Crippen LogP contribution is 2.20. The van der Waals surface area contributed by atoms with Crippen LogP contribution in [0, 0.1) is 11.8 Å². The minimum absolute atomic E-state index is 0.00616. The molecule has 30 heavy (non-hydrogen) atoms. The van der Waals surface area contributed by atoms with Gasteiger partial charge in [-0.2, -0.15) is 0 Å². The predicted octanol–water partition coefficient (Wildman–Crippen LogP) is 0.654. The maximum Gasteiger partial charge on any atom is 0.330 e. The van der Waals surface area contributed by atoms with Gasteiger partial charge in [-0.15, -0.1) is 0 Å². The van der Waals surface area contributed by atoms with Gasteiger partial charge in [-0.25, -0.2) is 4.79 Å². The third kappa shape index (κ3) is 5.82. The summed E-state index contributed by atoms with van der Waals surface area (Å²) in [6.07, 6.45) is 5.96. The van der Waals surface area contributed by atoms with Crippen molar-refractivity contribution in [2.24, 2.45) is 11.8 Å². The lowest BCUT2D eigenvalue weighted by Gasteiger charge is -2.25. The Morgan fingerprint density at radius 2 is 2.07 bits per heavy atom. The zero-order valence-corrected chi connectivity index (χ0v) is 17.7. The van der Waals surface area contributed by atoms with E-state index in [1.807, 2.05) is 26.0 Å². The molecule has 0 saturated carbocycles. The lowest BCUT2D eigenvalue weighted by atomic mass is 9.95. The van der Waals surface area contributed by atoms with Gasteiger partial charge in [-0.3, -0.25) is 28.8 Å². The molecule has 1 amide bonds. The van der Waals surface area contributed by atoms with Gasteiger partial charge in [0.2, 0.25) is 0 Å². The monoisotopic (exact) mass is 422 g/mol. The van der Waals surface area contributed by atoms with Gasteiger partial charge in [0.15, 0.2) is 12.3 Å². The van der Waals surface area contributed by atoms with E-state index < -0.39 is 29.7 Å². The number of carbonyl (C=O) groups is 2. The summed E-state index contributed by atoms with van der Waals surface area (Å²) in [5.74, 6) is -1.40. The van der Waals surface area contributed by atoms with E-state index >= 15 is 0 Å². The van der Waals surface area contributed by atoms with Crippen molar-refractivity contribution in [1.29, 1.82) is 0 Å². The molecule has 1 heterocycles. The summed E-state index contributed by atoms with van der Waals surface area (Å²) < 4.78 is 11.4. The van der Waals surface area contributed by atoms with Crippen LogP contribution in [0.2, 0.25) is 0 Å². The van der Waals surface area contributed by atoms with Crippen molar-refractivity contribution >= 4 is 23.4 Å². The maximum absolute atomic E-state index is 12.8. The first kappa shape index (κ1) is 23.4. The molecule has 2 rings (SSSR count). The van der Waals surface area contributed by atoms with Gasteiger partial charge in [0.05, 0.1) is 12.5 Å². The number of nitrogens with two attached hydrogens (primary N) is 1. The highest BCUT2D eigenvalue weighted by Gasteiger charge is 2.27. The fourth-order valence-corrected chi connectivity index (χ4v) is 3.26. The number of rotatable bonds is 9. The largest absolute Gasteiger partial charge is 0.455 e. The van der Waals surface area contributed by atoms with Crippen LogP contribution in [0.4, 0.5) is 11.5 Å². The number of amides is 1. The lowest BCUT2D eigenvalue weighted by Crippen LogP contribution is -2.44. The Balaban J connectivity index is 2.27. The lowest BCUT2D eigenvalue weighted by molar-refractivity contribution is -0.152. The van der Waals surface area contributed by atoms with E-state index in [0.29, 0.717) is 12.8 Å². The first-order valence-corrected chi connectivity index (χ1v) is 9.99. The van der Waals surface area contributed by atoms with E-state index in [1.54, 1.807) is 0 Å². The number of aromatic amines is 1. The molecule has 0 saturated heterocycles. The molecule has 0 bridgehead atoms. The van der Waals surface area contributed by atoms with Crippen LogP contribution in [-0.2, 0) is 25.6 Å². The highest BCUT2D eigenvalue weighted by atomic mass is 16.5. The van der Waals surface area contributed by atoms with Crippen molar-refractivity contribution in [1.82, 2.24) is 9.55 Å². The number of H-pyrrole nitrogens is 1. The van der Waals surface area contributed by atoms with Crippen LogP contribution in [0.5, 0.6) is 0 Å². The molecule has 3 N–H and O–H groups in total. The van der Waals surface area contributed by atoms with Crippen molar-refractivity contribution in [3.63, 3.8) is 0 Å². The SMILES string of the molecule is COCCN(C(=O)COC(=O)[C@@H]1CC=CCC1)c1c(N)n(CC(C)C)c(=O)[nH]c1=O. The predicted molar refractivity (Wildman–Crippen MR) is 112 cm³/mol. The summed E-state index contributed by atoms with van der Waals surface area (Å²) in [4.78, 5) is 53.1. The summed E-state index contributed by atoms with van der Waals surface area (Å²) in [5.41, 5.74) is 4.52. The maximum atomic E-state index is 12.8. The number of allylic oxidation sites excluding steroid dienone is 2. The van der Waals surface area contributed by atoms with Gasteiger partial charge in [-0.05, 0) is 25.2 Å². The van der Waals surface area contributed by atoms with Gasteiger partial charge in [0.25, 0.3) is 11.5 Å². The fraction of sp³-hybridized carbons (Fsp3) is 0.600. The Kier molecular flexibility index (Phi) is 8.40. The molecular weight excluding hydrogens is 392 g/mol. The molecule has 0 fully saturated rings. The molecule has 1 aliphatic rings. The van der Waals surface area contributed by atoms with E-state index in [0.717, 1.165) is 11.3 Å². The number of ether oxygens (including phenoxy) is 2. The van der Waals surface area contributed by atoms with Crippen LogP contribution < -0.4 is 21.9 Å². The Bertz CT molecular complexity index is 902. The smallest absolute Gasteiger partial charge is 0.330 e. The van der Waals surface area contributed by atoms with Crippen molar-refractivity contribution in [2.45, 2.75) is 39.7 Å². The standard InChI is InChI=1S/C20H30N4O6/c1-13(2)11-24-17(21)16(18(26)22-20(24)28)23(9-10-29-3)15(25)12-30-19(27)14-7-5-4-6-8-14/h4-5,13-14H,6-12,21H2,1-3H3,(H,22,26,28)/t14-/m1/s1. The topological polar surface area (TPSA) is 137 Å². The normalized spacial score (nSPS) is 15.9. The van der Waals surface area contributed by atoms with E-state index in [1.165, 1.54) is 11.7 Å². The molecule has 1 aliphatic carbocycles. The van der Waals surface area contributed by atoms with Crippen LogP contribution in [-0.4, -0.2) is 48.3 Å². The number of aromatic nitrogens is 2. The molecule has 10 nitrogen and oxygen atoms in total. The zero-order chi connectivity index (χ0) is 22.3. The van der Waals surface area contributed by atoms with Crippen LogP contribution in [0.1, 0.15) is 33.1 Å². The molecule has 1 aromatic heterocycles. The second-order valence-electron chi connectivity index (χ2n) is 7.62. The average molecular weight is 422 g/mol. The summed E-state index contributed by atoms with van der Waals surface area (Å²) in [5, 5.41) is 0. The molecule has 0 radical (unpaired) electrons. The third-order valence-electron chi connectivity index (χ3n) is 4.79. The van der Waals surface area contributed by atoms with Crippen molar-refractivity contribution < 1.29 is 19.1 Å². The summed E-state index contributed by atoms with van der Waals surface area (Å²) >= 11 is 0. The number of nitrogen functional groups attached to an aromatic ring is 1. The first-order valence-electron chi connectivity index (χ1n) is 9.99.